The van der Waals surface area contributed by atoms with Gasteiger partial charge < -0.3 is 19.7 Å². The van der Waals surface area contributed by atoms with Gasteiger partial charge in [-0.2, -0.15) is 0 Å². The highest BCUT2D eigenvalue weighted by Crippen LogP contribution is 2.57. The minimum Gasteiger partial charge on any atom is -0.486 e. The summed E-state index contributed by atoms with van der Waals surface area (Å²) in [6, 6.07) is 5.61. The molecule has 6 nitrogen and oxygen atoms in total. The molecule has 6 heteroatoms. The predicted molar refractivity (Wildman–Crippen MR) is 110 cm³/mol. The molecule has 1 aromatic carbocycles. The predicted octanol–water partition coefficient (Wildman–Crippen LogP) is 3.58. The van der Waals surface area contributed by atoms with Crippen LogP contribution in [0.5, 0.6) is 11.5 Å². The second kappa shape index (κ2) is 6.79. The second-order valence-electron chi connectivity index (χ2n) is 9.90. The normalized spacial score (nSPS) is 35.6. The molecule has 7 rings (SSSR count). The third kappa shape index (κ3) is 3.16. The van der Waals surface area contributed by atoms with Crippen molar-refractivity contribution in [3.63, 3.8) is 0 Å². The minimum absolute atomic E-state index is 0.00756. The highest BCUT2D eigenvalue weighted by molar-refractivity contribution is 5.89. The van der Waals surface area contributed by atoms with Crippen molar-refractivity contribution in [2.45, 2.75) is 44.1 Å². The van der Waals surface area contributed by atoms with Gasteiger partial charge in [-0.1, -0.05) is 0 Å². The molecular formula is C23H31N3O3. The van der Waals surface area contributed by atoms with Crippen molar-refractivity contribution in [3.05, 3.63) is 18.2 Å². The maximum atomic E-state index is 12.8. The summed E-state index contributed by atoms with van der Waals surface area (Å²) in [5.41, 5.74) is 1.22. The summed E-state index contributed by atoms with van der Waals surface area (Å²) >= 11 is 0. The van der Waals surface area contributed by atoms with Crippen LogP contribution < -0.4 is 14.8 Å². The zero-order valence-electron chi connectivity index (χ0n) is 17.1. The van der Waals surface area contributed by atoms with Gasteiger partial charge in [-0.25, -0.2) is 4.79 Å². The van der Waals surface area contributed by atoms with Gasteiger partial charge in [-0.15, -0.1) is 0 Å². The van der Waals surface area contributed by atoms with Crippen molar-refractivity contribution >= 4 is 11.7 Å². The van der Waals surface area contributed by atoms with E-state index in [2.05, 4.69) is 10.2 Å². The number of amides is 2. The van der Waals surface area contributed by atoms with Crippen molar-refractivity contribution in [1.82, 2.24) is 9.80 Å². The first kappa shape index (κ1) is 17.9. The van der Waals surface area contributed by atoms with E-state index in [1.54, 1.807) is 0 Å². The molecule has 0 atom stereocenters. The van der Waals surface area contributed by atoms with Gasteiger partial charge in [0.25, 0.3) is 0 Å². The van der Waals surface area contributed by atoms with Crippen LogP contribution in [-0.2, 0) is 0 Å². The first-order valence-electron chi connectivity index (χ1n) is 11.4. The number of anilines is 1. The van der Waals surface area contributed by atoms with E-state index in [0.29, 0.717) is 24.5 Å². The van der Waals surface area contributed by atoms with Crippen LogP contribution in [0.3, 0.4) is 0 Å². The Balaban J connectivity index is 1.08. The lowest BCUT2D eigenvalue weighted by Crippen LogP contribution is -2.64. The molecule has 4 aliphatic carbocycles. The highest BCUT2D eigenvalue weighted by atomic mass is 16.6. The van der Waals surface area contributed by atoms with Crippen molar-refractivity contribution in [1.29, 1.82) is 0 Å². The fourth-order valence-corrected chi connectivity index (χ4v) is 7.16. The zero-order valence-corrected chi connectivity index (χ0v) is 17.1. The average Bonchev–Trinajstić information content (AvgIpc) is 2.73. The summed E-state index contributed by atoms with van der Waals surface area (Å²) in [6.07, 6.45) is 8.67. The van der Waals surface area contributed by atoms with Crippen LogP contribution in [-0.4, -0.2) is 60.8 Å². The lowest BCUT2D eigenvalue weighted by atomic mass is 9.52. The topological polar surface area (TPSA) is 54.0 Å². The van der Waals surface area contributed by atoms with Gasteiger partial charge in [0, 0.05) is 43.5 Å². The van der Waals surface area contributed by atoms with E-state index in [-0.39, 0.29) is 6.03 Å². The molecule has 6 aliphatic rings. The number of urea groups is 1. The Bertz CT molecular complexity index is 767. The third-order valence-electron chi connectivity index (χ3n) is 8.04. The molecule has 2 heterocycles. The van der Waals surface area contributed by atoms with Crippen LogP contribution in [0, 0.1) is 17.8 Å². The van der Waals surface area contributed by atoms with E-state index in [4.69, 9.17) is 9.47 Å². The van der Waals surface area contributed by atoms with Gasteiger partial charge >= 0.3 is 6.03 Å². The fourth-order valence-electron chi connectivity index (χ4n) is 7.16. The summed E-state index contributed by atoms with van der Waals surface area (Å²) in [5.74, 6) is 4.37. The van der Waals surface area contributed by atoms with Gasteiger partial charge in [-0.05, 0) is 68.4 Å². The van der Waals surface area contributed by atoms with Gasteiger partial charge in [-0.3, -0.25) is 4.90 Å². The second-order valence-corrected chi connectivity index (χ2v) is 9.90. The number of benzene rings is 1. The Morgan fingerprint density at radius 3 is 2.17 bits per heavy atom. The largest absolute Gasteiger partial charge is 0.486 e. The number of fused-ring (bicyclic) bond motifs is 1. The monoisotopic (exact) mass is 397 g/mol. The van der Waals surface area contributed by atoms with E-state index in [1.165, 1.54) is 38.5 Å². The molecule has 156 valence electrons. The number of piperazine rings is 1. The SMILES string of the molecule is O=C(Nc1ccc2c(c1)OCCO2)N1CCN(C23CC4CC(CC(C4)C2)C3)CC1. The first-order chi connectivity index (χ1) is 14.2. The van der Waals surface area contributed by atoms with E-state index in [0.717, 1.165) is 55.4 Å². The van der Waals surface area contributed by atoms with Gasteiger partial charge in [0.05, 0.1) is 0 Å². The Kier molecular flexibility index (Phi) is 4.19. The van der Waals surface area contributed by atoms with Crippen LogP contribution in [0.1, 0.15) is 38.5 Å². The molecule has 29 heavy (non-hydrogen) atoms. The highest BCUT2D eigenvalue weighted by Gasteiger charge is 2.53. The van der Waals surface area contributed by atoms with Crippen LogP contribution in [0.25, 0.3) is 0 Å². The lowest BCUT2D eigenvalue weighted by Gasteiger charge is -2.61. The molecular weight excluding hydrogens is 366 g/mol. The molecule has 2 aliphatic heterocycles. The fraction of sp³-hybridized carbons (Fsp3) is 0.696. The van der Waals surface area contributed by atoms with Crippen LogP contribution in [0.15, 0.2) is 18.2 Å². The number of ether oxygens (including phenoxy) is 2. The maximum Gasteiger partial charge on any atom is 0.321 e. The number of rotatable bonds is 2. The molecule has 1 N–H and O–H groups in total. The number of hydrogen-bond acceptors (Lipinski definition) is 4. The van der Waals surface area contributed by atoms with Crippen LogP contribution in [0.2, 0.25) is 0 Å². The summed E-state index contributed by atoms with van der Waals surface area (Å²) in [4.78, 5) is 17.5. The van der Waals surface area contributed by atoms with Crippen LogP contribution in [0.4, 0.5) is 10.5 Å². The van der Waals surface area contributed by atoms with E-state index < -0.39 is 0 Å². The van der Waals surface area contributed by atoms with Gasteiger partial charge in [0.1, 0.15) is 13.2 Å². The summed E-state index contributed by atoms with van der Waals surface area (Å²) in [5, 5.41) is 3.04. The van der Waals surface area contributed by atoms with E-state index in [9.17, 15) is 4.79 Å². The summed E-state index contributed by atoms with van der Waals surface area (Å²) in [7, 11) is 0. The first-order valence-corrected chi connectivity index (χ1v) is 11.4. The summed E-state index contributed by atoms with van der Waals surface area (Å²) < 4.78 is 11.2. The molecule has 4 saturated carbocycles. The standard InChI is InChI=1S/C23H31N3O3/c27-22(24-19-1-2-20-21(12-19)29-8-7-28-20)25-3-5-26(6-4-25)23-13-16-9-17(14-23)11-18(10-16)15-23/h1-2,12,16-18H,3-11,13-15H2,(H,24,27). The molecule has 1 saturated heterocycles. The molecule has 4 bridgehead atoms. The smallest absolute Gasteiger partial charge is 0.321 e. The number of carbonyl (C=O) groups excluding carboxylic acids is 1. The summed E-state index contributed by atoms with van der Waals surface area (Å²) in [6.45, 7) is 4.79. The quantitative estimate of drug-likeness (QED) is 0.829. The van der Waals surface area contributed by atoms with Crippen molar-refractivity contribution < 1.29 is 14.3 Å². The zero-order chi connectivity index (χ0) is 19.4. The van der Waals surface area contributed by atoms with Crippen molar-refractivity contribution in [3.8, 4) is 11.5 Å². The third-order valence-corrected chi connectivity index (χ3v) is 8.04. The number of hydrogen-bond donors (Lipinski definition) is 1. The molecule has 2 amide bonds. The van der Waals surface area contributed by atoms with Gasteiger partial charge in [0.15, 0.2) is 11.5 Å². The molecule has 5 fully saturated rings. The number of nitrogens with one attached hydrogen (secondary N) is 1. The molecule has 1 aromatic rings. The number of nitrogens with zero attached hydrogens (tertiary/aromatic N) is 2. The molecule has 0 aromatic heterocycles. The van der Waals surface area contributed by atoms with Gasteiger partial charge in [0.2, 0.25) is 0 Å². The minimum atomic E-state index is -0.00756. The Morgan fingerprint density at radius 2 is 1.52 bits per heavy atom. The van der Waals surface area contributed by atoms with E-state index >= 15 is 0 Å². The maximum absolute atomic E-state index is 12.8. The van der Waals surface area contributed by atoms with Crippen molar-refractivity contribution in [2.75, 3.05) is 44.7 Å². The Morgan fingerprint density at radius 1 is 0.897 bits per heavy atom. The molecule has 0 spiro atoms. The average molecular weight is 398 g/mol. The lowest BCUT2D eigenvalue weighted by molar-refractivity contribution is -0.0979. The van der Waals surface area contributed by atoms with Crippen LogP contribution >= 0.6 is 0 Å². The Labute approximate surface area is 172 Å². The molecule has 0 radical (unpaired) electrons. The van der Waals surface area contributed by atoms with E-state index in [1.807, 2.05) is 23.1 Å². The van der Waals surface area contributed by atoms with Crippen molar-refractivity contribution in [2.24, 2.45) is 17.8 Å². The molecule has 0 unspecified atom stereocenters. The number of carbonyl (C=O) groups is 1. The Hall–Kier alpha value is -1.95.